The second kappa shape index (κ2) is 6.01. The highest BCUT2D eigenvalue weighted by Gasteiger charge is 2.16. The predicted octanol–water partition coefficient (Wildman–Crippen LogP) is 2.10. The maximum absolute atomic E-state index is 11.2. The summed E-state index contributed by atoms with van der Waals surface area (Å²) in [6, 6.07) is 7.49. The fourth-order valence-electron chi connectivity index (χ4n) is 2.48. The number of morpholine rings is 1. The minimum atomic E-state index is 0.656. The summed E-state index contributed by atoms with van der Waals surface area (Å²) in [5.74, 6) is 0.725. The topological polar surface area (TPSA) is 55.3 Å². The zero-order chi connectivity index (χ0) is 14.7. The van der Waals surface area contributed by atoms with E-state index in [2.05, 4.69) is 14.9 Å². The van der Waals surface area contributed by atoms with Crippen molar-refractivity contribution in [1.29, 1.82) is 0 Å². The molecule has 3 rings (SSSR count). The highest BCUT2D eigenvalue weighted by Crippen LogP contribution is 2.25. The van der Waals surface area contributed by atoms with Crippen molar-refractivity contribution in [1.82, 2.24) is 9.97 Å². The first-order chi connectivity index (χ1) is 10.3. The number of carbonyl (C=O) groups excluding carboxylic acids is 1. The molecule has 0 unspecified atom stereocenters. The average molecular weight is 283 g/mol. The van der Waals surface area contributed by atoms with E-state index in [1.54, 1.807) is 12.3 Å². The van der Waals surface area contributed by atoms with E-state index in [-0.39, 0.29) is 0 Å². The van der Waals surface area contributed by atoms with E-state index in [4.69, 9.17) is 4.74 Å². The molecule has 0 atom stereocenters. The Hall–Kier alpha value is -2.27. The van der Waals surface area contributed by atoms with Crippen molar-refractivity contribution < 1.29 is 9.53 Å². The van der Waals surface area contributed by atoms with Crippen molar-refractivity contribution in [2.45, 2.75) is 6.92 Å². The molecule has 5 heteroatoms. The Labute approximate surface area is 123 Å². The van der Waals surface area contributed by atoms with Crippen LogP contribution >= 0.6 is 0 Å². The van der Waals surface area contributed by atoms with Gasteiger partial charge in [0.05, 0.1) is 18.9 Å². The zero-order valence-corrected chi connectivity index (χ0v) is 12.0. The van der Waals surface area contributed by atoms with Gasteiger partial charge < -0.3 is 9.64 Å². The summed E-state index contributed by atoms with van der Waals surface area (Å²) in [6.45, 7) is 4.98. The van der Waals surface area contributed by atoms with Gasteiger partial charge in [0.2, 0.25) is 5.95 Å². The number of aromatic nitrogens is 2. The van der Waals surface area contributed by atoms with E-state index < -0.39 is 0 Å². The van der Waals surface area contributed by atoms with Crippen LogP contribution in [-0.4, -0.2) is 42.6 Å². The first-order valence-electron chi connectivity index (χ1n) is 7.00. The SMILES string of the molecule is Cc1nc(N2CCOCC2)ncc1-c1ccccc1C=O. The monoisotopic (exact) mass is 283 g/mol. The molecule has 1 saturated heterocycles. The van der Waals surface area contributed by atoms with Gasteiger partial charge in [0, 0.05) is 30.4 Å². The van der Waals surface area contributed by atoms with Crippen LogP contribution in [0.15, 0.2) is 30.5 Å². The lowest BCUT2D eigenvalue weighted by Gasteiger charge is -2.27. The number of hydrogen-bond acceptors (Lipinski definition) is 5. The molecule has 0 saturated carbocycles. The minimum absolute atomic E-state index is 0.656. The second-order valence-corrected chi connectivity index (χ2v) is 4.97. The van der Waals surface area contributed by atoms with Crippen molar-refractivity contribution in [2.24, 2.45) is 0 Å². The zero-order valence-electron chi connectivity index (χ0n) is 12.0. The lowest BCUT2D eigenvalue weighted by Crippen LogP contribution is -2.37. The van der Waals surface area contributed by atoms with Gasteiger partial charge in [-0.25, -0.2) is 9.97 Å². The first-order valence-corrected chi connectivity index (χ1v) is 7.00. The minimum Gasteiger partial charge on any atom is -0.378 e. The lowest BCUT2D eigenvalue weighted by molar-refractivity contribution is 0.112. The van der Waals surface area contributed by atoms with E-state index in [9.17, 15) is 4.79 Å². The molecular weight excluding hydrogens is 266 g/mol. The largest absolute Gasteiger partial charge is 0.378 e. The molecule has 1 aliphatic rings. The number of aldehydes is 1. The average Bonchev–Trinajstić information content (AvgIpc) is 2.55. The van der Waals surface area contributed by atoms with Crippen LogP contribution in [0.4, 0.5) is 5.95 Å². The summed E-state index contributed by atoms with van der Waals surface area (Å²) in [5, 5.41) is 0. The fraction of sp³-hybridized carbons (Fsp3) is 0.312. The Morgan fingerprint density at radius 1 is 1.19 bits per heavy atom. The highest BCUT2D eigenvalue weighted by atomic mass is 16.5. The van der Waals surface area contributed by atoms with E-state index in [1.807, 2.05) is 25.1 Å². The molecule has 0 amide bonds. The van der Waals surface area contributed by atoms with Crippen LogP contribution in [0.3, 0.4) is 0 Å². The Kier molecular flexibility index (Phi) is 3.92. The number of ether oxygens (including phenoxy) is 1. The van der Waals surface area contributed by atoms with E-state index >= 15 is 0 Å². The number of carbonyl (C=O) groups is 1. The number of anilines is 1. The number of hydrogen-bond donors (Lipinski definition) is 0. The Morgan fingerprint density at radius 3 is 2.67 bits per heavy atom. The lowest BCUT2D eigenvalue weighted by atomic mass is 10.0. The van der Waals surface area contributed by atoms with Crippen molar-refractivity contribution in [3.63, 3.8) is 0 Å². The highest BCUT2D eigenvalue weighted by molar-refractivity contribution is 5.87. The summed E-state index contributed by atoms with van der Waals surface area (Å²) in [6.07, 6.45) is 2.67. The Morgan fingerprint density at radius 2 is 1.95 bits per heavy atom. The summed E-state index contributed by atoms with van der Waals surface area (Å²) in [4.78, 5) is 22.3. The van der Waals surface area contributed by atoms with Gasteiger partial charge in [-0.1, -0.05) is 24.3 Å². The molecule has 21 heavy (non-hydrogen) atoms. The third kappa shape index (κ3) is 2.78. The van der Waals surface area contributed by atoms with Gasteiger partial charge in [0.15, 0.2) is 6.29 Å². The van der Waals surface area contributed by atoms with Crippen LogP contribution in [0, 0.1) is 6.92 Å². The molecule has 1 aromatic carbocycles. The van der Waals surface area contributed by atoms with Gasteiger partial charge in [0.1, 0.15) is 0 Å². The van der Waals surface area contributed by atoms with Gasteiger partial charge in [0.25, 0.3) is 0 Å². The quantitative estimate of drug-likeness (QED) is 0.807. The van der Waals surface area contributed by atoms with Crippen LogP contribution in [0.25, 0.3) is 11.1 Å². The number of aryl methyl sites for hydroxylation is 1. The summed E-state index contributed by atoms with van der Waals surface area (Å²) >= 11 is 0. The molecule has 1 aliphatic heterocycles. The Balaban J connectivity index is 1.96. The van der Waals surface area contributed by atoms with Gasteiger partial charge >= 0.3 is 0 Å². The summed E-state index contributed by atoms with van der Waals surface area (Å²) < 4.78 is 5.34. The van der Waals surface area contributed by atoms with Crippen LogP contribution in [0.1, 0.15) is 16.1 Å². The molecule has 2 heterocycles. The van der Waals surface area contributed by atoms with Crippen LogP contribution in [0.5, 0.6) is 0 Å². The predicted molar refractivity (Wildman–Crippen MR) is 80.6 cm³/mol. The molecule has 1 fully saturated rings. The Bertz CT molecular complexity index is 652. The number of rotatable bonds is 3. The molecule has 0 aliphatic carbocycles. The first kappa shape index (κ1) is 13.7. The smallest absolute Gasteiger partial charge is 0.225 e. The second-order valence-electron chi connectivity index (χ2n) is 4.97. The summed E-state index contributed by atoms with van der Waals surface area (Å²) in [5.41, 5.74) is 3.30. The van der Waals surface area contributed by atoms with Crippen molar-refractivity contribution in [2.75, 3.05) is 31.2 Å². The van der Waals surface area contributed by atoms with Crippen LogP contribution < -0.4 is 4.90 Å². The summed E-state index contributed by atoms with van der Waals surface area (Å²) in [7, 11) is 0. The third-order valence-corrected chi connectivity index (χ3v) is 3.64. The van der Waals surface area contributed by atoms with Crippen molar-refractivity contribution >= 4 is 12.2 Å². The molecule has 0 bridgehead atoms. The van der Waals surface area contributed by atoms with E-state index in [0.29, 0.717) is 18.8 Å². The van der Waals surface area contributed by atoms with Gasteiger partial charge in [-0.05, 0) is 12.5 Å². The number of nitrogens with zero attached hydrogens (tertiary/aromatic N) is 3. The maximum Gasteiger partial charge on any atom is 0.225 e. The van der Waals surface area contributed by atoms with E-state index in [0.717, 1.165) is 42.1 Å². The molecule has 2 aromatic rings. The molecule has 0 radical (unpaired) electrons. The van der Waals surface area contributed by atoms with Crippen molar-refractivity contribution in [3.8, 4) is 11.1 Å². The van der Waals surface area contributed by atoms with Crippen molar-refractivity contribution in [3.05, 3.63) is 41.7 Å². The normalized spacial score (nSPS) is 15.0. The molecule has 1 aromatic heterocycles. The van der Waals surface area contributed by atoms with Gasteiger partial charge in [-0.15, -0.1) is 0 Å². The molecule has 5 nitrogen and oxygen atoms in total. The number of benzene rings is 1. The third-order valence-electron chi connectivity index (χ3n) is 3.64. The van der Waals surface area contributed by atoms with Gasteiger partial charge in [-0.3, -0.25) is 4.79 Å². The van der Waals surface area contributed by atoms with Gasteiger partial charge in [-0.2, -0.15) is 0 Å². The van der Waals surface area contributed by atoms with E-state index in [1.165, 1.54) is 0 Å². The molecule has 0 N–H and O–H groups in total. The molecule has 0 spiro atoms. The molecular formula is C16H17N3O2. The van der Waals surface area contributed by atoms with Crippen LogP contribution in [0.2, 0.25) is 0 Å². The fourth-order valence-corrected chi connectivity index (χ4v) is 2.48. The maximum atomic E-state index is 11.2. The molecule has 108 valence electrons. The van der Waals surface area contributed by atoms with Crippen LogP contribution in [-0.2, 0) is 4.74 Å². The standard InChI is InChI=1S/C16H17N3O2/c1-12-15(14-5-3-2-4-13(14)11-20)10-17-16(18-12)19-6-8-21-9-7-19/h2-5,10-11H,6-9H2,1H3.